The van der Waals surface area contributed by atoms with Crippen LogP contribution in [0.4, 0.5) is 0 Å². The van der Waals surface area contributed by atoms with Crippen molar-refractivity contribution in [3.8, 4) is 0 Å². The molecule has 0 radical (unpaired) electrons. The average molecular weight is 365 g/mol. The molecule has 24 heavy (non-hydrogen) atoms. The minimum Gasteiger partial charge on any atom is -0.390 e. The van der Waals surface area contributed by atoms with Gasteiger partial charge >= 0.3 is 0 Å². The van der Waals surface area contributed by atoms with Crippen molar-refractivity contribution in [2.45, 2.75) is 53.2 Å². The van der Waals surface area contributed by atoms with Gasteiger partial charge in [0.1, 0.15) is 5.01 Å². The number of amides is 1. The van der Waals surface area contributed by atoms with Gasteiger partial charge in [-0.05, 0) is 42.2 Å². The van der Waals surface area contributed by atoms with E-state index in [2.05, 4.69) is 37.1 Å². The van der Waals surface area contributed by atoms with Gasteiger partial charge in [0.25, 0.3) is 5.91 Å². The molecule has 0 spiro atoms. The third-order valence-electron chi connectivity index (χ3n) is 4.69. The Bertz CT molecular complexity index is 728. The summed E-state index contributed by atoms with van der Waals surface area (Å²) < 4.78 is 0. The van der Waals surface area contributed by atoms with Crippen LogP contribution >= 0.6 is 22.7 Å². The van der Waals surface area contributed by atoms with Crippen LogP contribution in [0.5, 0.6) is 0 Å². The number of aliphatic hydroxyl groups is 1. The van der Waals surface area contributed by atoms with E-state index in [1.54, 1.807) is 11.3 Å². The minimum atomic E-state index is -0.0585. The number of nitrogens with zero attached hydrogens (tertiary/aromatic N) is 1. The first-order valence-corrected chi connectivity index (χ1v) is 10.0. The highest BCUT2D eigenvalue weighted by Gasteiger charge is 2.30. The zero-order chi connectivity index (χ0) is 17.3. The SMILES string of the molecule is CC(C)(C)C1CCc2sc(C(=O)NCc3nc(CO)cs3)cc2C1. The van der Waals surface area contributed by atoms with Gasteiger partial charge in [-0.25, -0.2) is 4.98 Å². The van der Waals surface area contributed by atoms with Crippen molar-refractivity contribution in [1.82, 2.24) is 10.3 Å². The maximum absolute atomic E-state index is 12.4. The predicted molar refractivity (Wildman–Crippen MR) is 98.5 cm³/mol. The highest BCUT2D eigenvalue weighted by Crippen LogP contribution is 2.40. The van der Waals surface area contributed by atoms with Gasteiger partial charge < -0.3 is 10.4 Å². The molecule has 1 aliphatic rings. The third-order valence-corrected chi connectivity index (χ3v) is 6.83. The fourth-order valence-corrected chi connectivity index (χ4v) is 4.97. The summed E-state index contributed by atoms with van der Waals surface area (Å²) in [5, 5.41) is 14.6. The first kappa shape index (κ1) is 17.6. The van der Waals surface area contributed by atoms with Gasteiger partial charge in [0, 0.05) is 10.3 Å². The van der Waals surface area contributed by atoms with E-state index in [0.717, 1.165) is 22.7 Å². The number of hydrogen-bond acceptors (Lipinski definition) is 5. The van der Waals surface area contributed by atoms with Crippen LogP contribution in [0.25, 0.3) is 0 Å². The fraction of sp³-hybridized carbons (Fsp3) is 0.556. The molecule has 3 rings (SSSR count). The van der Waals surface area contributed by atoms with Crippen molar-refractivity contribution >= 4 is 28.6 Å². The predicted octanol–water partition coefficient (Wildman–Crippen LogP) is 3.78. The zero-order valence-corrected chi connectivity index (χ0v) is 16.0. The van der Waals surface area contributed by atoms with Gasteiger partial charge in [0.2, 0.25) is 0 Å². The number of thiazole rings is 1. The number of rotatable bonds is 4. The summed E-state index contributed by atoms with van der Waals surface area (Å²) in [6.45, 7) is 7.26. The van der Waals surface area contributed by atoms with E-state index in [1.165, 1.54) is 28.2 Å². The van der Waals surface area contributed by atoms with Crippen LogP contribution in [-0.4, -0.2) is 16.0 Å². The van der Waals surface area contributed by atoms with Crippen molar-refractivity contribution in [3.63, 3.8) is 0 Å². The van der Waals surface area contributed by atoms with Crippen LogP contribution in [0.1, 0.15) is 58.0 Å². The Labute approximate surface area is 151 Å². The molecular weight excluding hydrogens is 340 g/mol. The summed E-state index contributed by atoms with van der Waals surface area (Å²) in [4.78, 5) is 18.8. The van der Waals surface area contributed by atoms with Gasteiger partial charge in [-0.1, -0.05) is 20.8 Å². The lowest BCUT2D eigenvalue weighted by Gasteiger charge is -2.33. The van der Waals surface area contributed by atoms with Crippen LogP contribution in [-0.2, 0) is 26.0 Å². The maximum atomic E-state index is 12.4. The lowest BCUT2D eigenvalue weighted by Crippen LogP contribution is -2.26. The van der Waals surface area contributed by atoms with E-state index >= 15 is 0 Å². The second kappa shape index (κ2) is 6.94. The molecule has 4 nitrogen and oxygen atoms in total. The molecule has 130 valence electrons. The summed E-state index contributed by atoms with van der Waals surface area (Å²) in [5.74, 6) is 0.658. The van der Waals surface area contributed by atoms with Crippen LogP contribution in [0.3, 0.4) is 0 Å². The van der Waals surface area contributed by atoms with Gasteiger partial charge in [-0.15, -0.1) is 22.7 Å². The molecule has 1 atom stereocenters. The average Bonchev–Trinajstić information content (AvgIpc) is 3.17. The molecule has 0 aromatic carbocycles. The van der Waals surface area contributed by atoms with Gasteiger partial charge in [0.05, 0.1) is 23.7 Å². The Balaban J connectivity index is 1.63. The first-order chi connectivity index (χ1) is 11.4. The molecule has 2 heterocycles. The zero-order valence-electron chi connectivity index (χ0n) is 14.4. The molecule has 2 aromatic heterocycles. The summed E-state index contributed by atoms with van der Waals surface area (Å²) in [6, 6.07) is 2.08. The molecule has 6 heteroatoms. The number of aryl methyl sites for hydroxylation is 1. The quantitative estimate of drug-likeness (QED) is 0.868. The largest absolute Gasteiger partial charge is 0.390 e. The molecule has 2 aromatic rings. The second-order valence-electron chi connectivity index (χ2n) is 7.44. The molecule has 0 fully saturated rings. The molecule has 2 N–H and O–H groups in total. The Hall–Kier alpha value is -1.24. The van der Waals surface area contributed by atoms with Crippen molar-refractivity contribution in [3.05, 3.63) is 37.5 Å². The van der Waals surface area contributed by atoms with E-state index in [9.17, 15) is 4.79 Å². The van der Waals surface area contributed by atoms with E-state index in [-0.39, 0.29) is 12.5 Å². The Kier molecular flexibility index (Phi) is 5.08. The number of aromatic nitrogens is 1. The summed E-state index contributed by atoms with van der Waals surface area (Å²) in [5.41, 5.74) is 2.33. The maximum Gasteiger partial charge on any atom is 0.261 e. The van der Waals surface area contributed by atoms with Crippen LogP contribution < -0.4 is 5.32 Å². The standard InChI is InChI=1S/C18H24N2O2S2/c1-18(2,3)12-4-5-14-11(6-12)7-15(24-14)17(22)19-8-16-20-13(9-21)10-23-16/h7,10,12,21H,4-6,8-9H2,1-3H3,(H,19,22). The molecule has 0 saturated heterocycles. The number of hydrogen-bond donors (Lipinski definition) is 2. The van der Waals surface area contributed by atoms with E-state index in [4.69, 9.17) is 5.11 Å². The molecule has 1 unspecified atom stereocenters. The van der Waals surface area contributed by atoms with Crippen molar-refractivity contribution in [1.29, 1.82) is 0 Å². The Morgan fingerprint density at radius 3 is 2.92 bits per heavy atom. The minimum absolute atomic E-state index is 0.0255. The summed E-state index contributed by atoms with van der Waals surface area (Å²) >= 11 is 3.09. The van der Waals surface area contributed by atoms with Gasteiger partial charge in [-0.3, -0.25) is 4.79 Å². The lowest BCUT2D eigenvalue weighted by atomic mass is 9.72. The summed E-state index contributed by atoms with van der Waals surface area (Å²) in [7, 11) is 0. The lowest BCUT2D eigenvalue weighted by molar-refractivity contribution is 0.0955. The number of carbonyl (C=O) groups excluding carboxylic acids is 1. The number of thiophene rings is 1. The third kappa shape index (κ3) is 3.87. The fourth-order valence-electron chi connectivity index (χ4n) is 3.12. The summed E-state index contributed by atoms with van der Waals surface area (Å²) in [6.07, 6.45) is 3.37. The van der Waals surface area contributed by atoms with Gasteiger partial charge in [-0.2, -0.15) is 0 Å². The molecular formula is C18H24N2O2S2. The molecule has 1 aliphatic carbocycles. The molecule has 1 amide bonds. The Morgan fingerprint density at radius 2 is 2.25 bits per heavy atom. The van der Waals surface area contributed by atoms with E-state index in [0.29, 0.717) is 23.6 Å². The second-order valence-corrected chi connectivity index (χ2v) is 9.52. The normalized spacial score (nSPS) is 17.6. The van der Waals surface area contributed by atoms with Gasteiger partial charge in [0.15, 0.2) is 0 Å². The topological polar surface area (TPSA) is 62.2 Å². The van der Waals surface area contributed by atoms with Crippen LogP contribution in [0.15, 0.2) is 11.4 Å². The van der Waals surface area contributed by atoms with Crippen LogP contribution in [0.2, 0.25) is 0 Å². The highest BCUT2D eigenvalue weighted by atomic mass is 32.1. The number of carbonyl (C=O) groups is 1. The number of fused-ring (bicyclic) bond motifs is 1. The first-order valence-electron chi connectivity index (χ1n) is 8.30. The number of nitrogens with one attached hydrogen (secondary N) is 1. The molecule has 0 bridgehead atoms. The Morgan fingerprint density at radius 1 is 1.46 bits per heavy atom. The van der Waals surface area contributed by atoms with Crippen molar-refractivity contribution in [2.75, 3.05) is 0 Å². The molecule has 0 aliphatic heterocycles. The van der Waals surface area contributed by atoms with E-state index in [1.807, 2.05) is 5.38 Å². The monoisotopic (exact) mass is 364 g/mol. The van der Waals surface area contributed by atoms with Crippen molar-refractivity contribution in [2.24, 2.45) is 11.3 Å². The number of aliphatic hydroxyl groups excluding tert-OH is 1. The van der Waals surface area contributed by atoms with Crippen LogP contribution in [0, 0.1) is 11.3 Å². The smallest absolute Gasteiger partial charge is 0.261 e. The molecule has 0 saturated carbocycles. The highest BCUT2D eigenvalue weighted by molar-refractivity contribution is 7.14. The van der Waals surface area contributed by atoms with E-state index < -0.39 is 0 Å². The van der Waals surface area contributed by atoms with Crippen molar-refractivity contribution < 1.29 is 9.90 Å².